The highest BCUT2D eigenvalue weighted by Crippen LogP contribution is 2.51. The van der Waals surface area contributed by atoms with Gasteiger partial charge in [-0.3, -0.25) is 24.8 Å². The molecule has 226 valence electrons. The molecule has 2 aromatic rings. The topological polar surface area (TPSA) is 146 Å². The van der Waals surface area contributed by atoms with Crippen LogP contribution < -0.4 is 21.0 Å². The third-order valence-corrected chi connectivity index (χ3v) is 10.4. The molecule has 41 heavy (non-hydrogen) atoms. The highest BCUT2D eigenvalue weighted by atomic mass is 32.1. The summed E-state index contributed by atoms with van der Waals surface area (Å²) in [6.45, 7) is 15.5. The highest BCUT2D eigenvalue weighted by Gasteiger charge is 2.32. The van der Waals surface area contributed by atoms with Crippen LogP contribution in [0.3, 0.4) is 0 Å². The first-order valence-electron chi connectivity index (χ1n) is 13.2. The number of ether oxygens (including phenoxy) is 1. The molecule has 0 radical (unpaired) electrons. The predicted molar refractivity (Wildman–Crippen MR) is 173 cm³/mol. The van der Waals surface area contributed by atoms with Gasteiger partial charge < -0.3 is 15.0 Å². The van der Waals surface area contributed by atoms with Crippen LogP contribution in [0.5, 0.6) is 5.75 Å². The lowest BCUT2D eigenvalue weighted by Crippen LogP contribution is -2.24. The molecular formula is C26H42N5O6PSSi2. The summed E-state index contributed by atoms with van der Waals surface area (Å²) >= 11 is 4.72. The van der Waals surface area contributed by atoms with Crippen molar-refractivity contribution in [3.63, 3.8) is 0 Å². The SMILES string of the molecule is Cc1cccc(COC(=O)Nc2cccnc2C=NNC(N)=S)c1OP(=O)(OCC[Si](C)(C)C)OCC[Si](C)(C)C. The van der Waals surface area contributed by atoms with Gasteiger partial charge in [-0.2, -0.15) is 5.10 Å². The van der Waals surface area contributed by atoms with E-state index in [2.05, 4.69) is 60.1 Å². The Hall–Kier alpha value is -2.62. The van der Waals surface area contributed by atoms with Crippen LogP contribution in [-0.2, 0) is 25.0 Å². The number of carbonyl (C=O) groups excluding carboxylic acids is 1. The van der Waals surface area contributed by atoms with Crippen molar-refractivity contribution in [2.45, 2.75) is 64.9 Å². The van der Waals surface area contributed by atoms with Crippen LogP contribution in [0.2, 0.25) is 51.4 Å². The summed E-state index contributed by atoms with van der Waals surface area (Å²) in [6.07, 6.45) is 2.18. The first-order chi connectivity index (χ1) is 19.1. The van der Waals surface area contributed by atoms with Gasteiger partial charge in [0.2, 0.25) is 0 Å². The van der Waals surface area contributed by atoms with Gasteiger partial charge in [0.25, 0.3) is 0 Å². The number of nitrogens with zero attached hydrogens (tertiary/aromatic N) is 2. The first kappa shape index (κ1) is 34.6. The lowest BCUT2D eigenvalue weighted by molar-refractivity contribution is 0.151. The van der Waals surface area contributed by atoms with E-state index in [1.807, 2.05) is 13.0 Å². The summed E-state index contributed by atoms with van der Waals surface area (Å²) in [4.78, 5) is 16.8. The molecule has 11 nitrogen and oxygen atoms in total. The van der Waals surface area contributed by atoms with Crippen LogP contribution in [0.25, 0.3) is 0 Å². The van der Waals surface area contributed by atoms with Crippen LogP contribution in [-0.4, -0.2) is 51.8 Å². The number of nitrogens with one attached hydrogen (secondary N) is 2. The number of anilines is 1. The number of aromatic nitrogens is 1. The third-order valence-electron chi connectivity index (χ3n) is 5.50. The predicted octanol–water partition coefficient (Wildman–Crippen LogP) is 6.50. The molecule has 0 aliphatic carbocycles. The van der Waals surface area contributed by atoms with Gasteiger partial charge in [-0.25, -0.2) is 9.36 Å². The van der Waals surface area contributed by atoms with Gasteiger partial charge in [-0.05, 0) is 48.9 Å². The van der Waals surface area contributed by atoms with E-state index in [0.29, 0.717) is 28.3 Å². The fraction of sp³-hybridized carbons (Fsp3) is 0.462. The van der Waals surface area contributed by atoms with Crippen molar-refractivity contribution in [3.8, 4) is 5.75 Å². The number of thiocarbonyl (C=S) groups is 1. The maximum Gasteiger partial charge on any atom is 0.530 e. The number of rotatable bonds is 15. The number of para-hydroxylation sites is 1. The van der Waals surface area contributed by atoms with E-state index in [1.54, 1.807) is 30.5 Å². The number of phosphoric ester groups is 1. The molecule has 2 rings (SSSR count). The van der Waals surface area contributed by atoms with Crippen LogP contribution >= 0.6 is 20.0 Å². The van der Waals surface area contributed by atoms with E-state index in [-0.39, 0.29) is 24.9 Å². The van der Waals surface area contributed by atoms with Gasteiger partial charge in [0.1, 0.15) is 18.1 Å². The maximum atomic E-state index is 13.8. The molecule has 0 atom stereocenters. The molecule has 0 aliphatic heterocycles. The van der Waals surface area contributed by atoms with Crippen molar-refractivity contribution in [3.05, 3.63) is 53.3 Å². The number of carbonyl (C=O) groups is 1. The minimum Gasteiger partial charge on any atom is -0.444 e. The maximum absolute atomic E-state index is 13.8. The van der Waals surface area contributed by atoms with Gasteiger partial charge in [0.15, 0.2) is 5.11 Å². The highest BCUT2D eigenvalue weighted by molar-refractivity contribution is 7.80. The van der Waals surface area contributed by atoms with E-state index in [1.165, 1.54) is 6.21 Å². The van der Waals surface area contributed by atoms with Crippen molar-refractivity contribution < 1.29 is 27.7 Å². The zero-order valence-corrected chi connectivity index (χ0v) is 28.6. The van der Waals surface area contributed by atoms with E-state index in [9.17, 15) is 9.36 Å². The second-order valence-corrected chi connectivity index (χ2v) is 25.0. The normalized spacial score (nSPS) is 12.3. The molecule has 1 heterocycles. The molecule has 0 bridgehead atoms. The van der Waals surface area contributed by atoms with Crippen LogP contribution in [0, 0.1) is 6.92 Å². The Balaban J connectivity index is 2.17. The van der Waals surface area contributed by atoms with Gasteiger partial charge >= 0.3 is 13.9 Å². The van der Waals surface area contributed by atoms with Gasteiger partial charge in [-0.1, -0.05) is 57.5 Å². The first-order valence-corrected chi connectivity index (χ1v) is 22.5. The Kier molecular flexibility index (Phi) is 13.1. The van der Waals surface area contributed by atoms with E-state index in [4.69, 9.17) is 36.3 Å². The summed E-state index contributed by atoms with van der Waals surface area (Å²) in [5.74, 6) is 0.294. The quantitative estimate of drug-likeness (QED) is 0.0649. The molecule has 1 amide bonds. The zero-order chi connectivity index (χ0) is 30.7. The number of phosphoric acid groups is 1. The van der Waals surface area contributed by atoms with Gasteiger partial charge in [0.05, 0.1) is 25.1 Å². The average molecular weight is 640 g/mol. The molecule has 4 N–H and O–H groups in total. The number of benzene rings is 1. The molecule has 0 saturated heterocycles. The summed E-state index contributed by atoms with van der Waals surface area (Å²) in [5, 5.41) is 6.51. The zero-order valence-electron chi connectivity index (χ0n) is 24.9. The second-order valence-electron chi connectivity index (χ2n) is 11.8. The van der Waals surface area contributed by atoms with Gasteiger partial charge in [0, 0.05) is 27.9 Å². The summed E-state index contributed by atoms with van der Waals surface area (Å²) < 4.78 is 36.9. The molecule has 0 spiro atoms. The third kappa shape index (κ3) is 13.7. The Morgan fingerprint density at radius 3 is 2.29 bits per heavy atom. The van der Waals surface area contributed by atoms with Gasteiger partial charge in [-0.15, -0.1) is 0 Å². The number of pyridine rings is 1. The minimum atomic E-state index is -3.95. The Labute approximate surface area is 250 Å². The number of nitrogens with two attached hydrogens (primary N) is 1. The van der Waals surface area contributed by atoms with E-state index in [0.717, 1.165) is 12.1 Å². The Bertz CT molecular complexity index is 1250. The van der Waals surface area contributed by atoms with Crippen molar-refractivity contribution in [1.29, 1.82) is 0 Å². The summed E-state index contributed by atoms with van der Waals surface area (Å²) in [6, 6.07) is 10.2. The lowest BCUT2D eigenvalue weighted by Gasteiger charge is -2.24. The van der Waals surface area contributed by atoms with E-state index >= 15 is 0 Å². The molecule has 0 fully saturated rings. The number of aryl methyl sites for hydroxylation is 1. The second kappa shape index (κ2) is 15.6. The monoisotopic (exact) mass is 639 g/mol. The number of hydrogen-bond acceptors (Lipinski definition) is 9. The molecule has 0 saturated carbocycles. The van der Waals surface area contributed by atoms with Crippen molar-refractivity contribution >= 4 is 59.3 Å². The molecule has 0 unspecified atom stereocenters. The van der Waals surface area contributed by atoms with Crippen molar-refractivity contribution in [1.82, 2.24) is 10.4 Å². The Morgan fingerprint density at radius 2 is 1.71 bits per heavy atom. The van der Waals surface area contributed by atoms with Crippen molar-refractivity contribution in [2.24, 2.45) is 10.8 Å². The molecular weight excluding hydrogens is 598 g/mol. The average Bonchev–Trinajstić information content (AvgIpc) is 2.83. The molecule has 0 aliphatic rings. The van der Waals surface area contributed by atoms with Crippen LogP contribution in [0.4, 0.5) is 10.5 Å². The van der Waals surface area contributed by atoms with E-state index < -0.39 is 30.1 Å². The van der Waals surface area contributed by atoms with Crippen LogP contribution in [0.1, 0.15) is 16.8 Å². The number of hydrogen-bond donors (Lipinski definition) is 3. The van der Waals surface area contributed by atoms with Crippen molar-refractivity contribution in [2.75, 3.05) is 18.5 Å². The smallest absolute Gasteiger partial charge is 0.444 e. The molecule has 1 aromatic heterocycles. The molecule has 15 heteroatoms. The number of hydrazone groups is 1. The summed E-state index contributed by atoms with van der Waals surface area (Å²) in [7, 11) is -6.85. The number of amides is 1. The fourth-order valence-corrected chi connectivity index (χ4v) is 6.28. The minimum absolute atomic E-state index is 0.00488. The molecule has 1 aromatic carbocycles. The lowest BCUT2D eigenvalue weighted by atomic mass is 10.1. The van der Waals surface area contributed by atoms with Crippen LogP contribution in [0.15, 0.2) is 41.6 Å². The standard InChI is InChI=1S/C26H42N5O6PSSi2/c1-20-10-8-11-21(19-34-26(32)30-22-12-9-13-28-23(22)18-29-31-25(27)39)24(20)37-38(33,35-14-16-40(2,3)4)36-15-17-41(5,6)7/h8-13,18H,14-17,19H2,1-7H3,(H,30,32)(H3,27,31,39). The fourth-order valence-electron chi connectivity index (χ4n) is 3.16. The largest absolute Gasteiger partial charge is 0.530 e. The summed E-state index contributed by atoms with van der Waals surface area (Å²) in [5.41, 5.74) is 9.74. The Morgan fingerprint density at radius 1 is 1.07 bits per heavy atom.